The molecule has 0 saturated carbocycles. The van der Waals surface area contributed by atoms with E-state index in [1.807, 2.05) is 30.5 Å². The number of hydrogen-bond donors (Lipinski definition) is 4. The smallest absolute Gasteiger partial charge is 0.251 e. The van der Waals surface area contributed by atoms with E-state index in [2.05, 4.69) is 20.9 Å². The lowest BCUT2D eigenvalue weighted by Crippen LogP contribution is -2.47. The number of nitrogens with one attached hydrogen (secondary N) is 4. The summed E-state index contributed by atoms with van der Waals surface area (Å²) in [5.41, 5.74) is 3.36. The van der Waals surface area contributed by atoms with Crippen molar-refractivity contribution in [3.05, 3.63) is 71.4 Å². The van der Waals surface area contributed by atoms with Gasteiger partial charge < -0.3 is 20.9 Å². The number of rotatable bonds is 7. The summed E-state index contributed by atoms with van der Waals surface area (Å²) >= 11 is 0. The number of aromatic nitrogens is 1. The Morgan fingerprint density at radius 3 is 2.45 bits per heavy atom. The Balaban J connectivity index is 1.67. The fraction of sp³-hybridized carbons (Fsp3) is 0.227. The minimum atomic E-state index is -0.683. The lowest BCUT2D eigenvalue weighted by atomic mass is 10.0. The number of para-hydroxylation sites is 1. The molecule has 0 bridgehead atoms. The molecule has 29 heavy (non-hydrogen) atoms. The Kier molecular flexibility index (Phi) is 6.29. The summed E-state index contributed by atoms with van der Waals surface area (Å²) in [6.07, 6.45) is 2.25. The minimum Gasteiger partial charge on any atom is -0.361 e. The lowest BCUT2D eigenvalue weighted by molar-refractivity contribution is -0.128. The number of carbonyl (C=O) groups is 3. The van der Waals surface area contributed by atoms with Crippen LogP contribution in [0.4, 0.5) is 0 Å². The van der Waals surface area contributed by atoms with E-state index in [0.717, 1.165) is 22.0 Å². The van der Waals surface area contributed by atoms with E-state index in [4.69, 9.17) is 0 Å². The average molecular weight is 392 g/mol. The van der Waals surface area contributed by atoms with E-state index in [9.17, 15) is 14.4 Å². The summed E-state index contributed by atoms with van der Waals surface area (Å²) in [5.74, 6) is -0.689. The van der Waals surface area contributed by atoms with Crippen molar-refractivity contribution in [1.29, 1.82) is 0 Å². The number of carbonyl (C=O) groups excluding carboxylic acids is 3. The normalized spacial score (nSPS) is 11.7. The summed E-state index contributed by atoms with van der Waals surface area (Å²) in [6, 6.07) is 14.1. The van der Waals surface area contributed by atoms with Gasteiger partial charge in [0.05, 0.1) is 0 Å². The van der Waals surface area contributed by atoms with Crippen LogP contribution in [0.3, 0.4) is 0 Å². The first kappa shape index (κ1) is 20.1. The number of benzene rings is 2. The molecular formula is C22H24N4O3. The van der Waals surface area contributed by atoms with Crippen molar-refractivity contribution in [3.8, 4) is 0 Å². The van der Waals surface area contributed by atoms with Crippen molar-refractivity contribution in [3.63, 3.8) is 0 Å². The second kappa shape index (κ2) is 9.05. The highest BCUT2D eigenvalue weighted by Gasteiger charge is 2.21. The van der Waals surface area contributed by atoms with Gasteiger partial charge in [0, 0.05) is 49.6 Å². The topological polar surface area (TPSA) is 103 Å². The molecule has 0 spiro atoms. The molecule has 0 saturated heterocycles. The van der Waals surface area contributed by atoms with E-state index in [0.29, 0.717) is 18.5 Å². The molecule has 2 aromatic carbocycles. The van der Waals surface area contributed by atoms with Gasteiger partial charge in [0.15, 0.2) is 0 Å². The third-order valence-electron chi connectivity index (χ3n) is 4.70. The van der Waals surface area contributed by atoms with Crippen molar-refractivity contribution in [2.45, 2.75) is 25.9 Å². The van der Waals surface area contributed by atoms with Crippen molar-refractivity contribution >= 4 is 28.6 Å². The molecule has 0 aliphatic rings. The maximum absolute atomic E-state index is 12.7. The zero-order valence-electron chi connectivity index (χ0n) is 16.4. The van der Waals surface area contributed by atoms with Gasteiger partial charge in [-0.1, -0.05) is 30.3 Å². The summed E-state index contributed by atoms with van der Waals surface area (Å²) in [7, 11) is 1.58. The van der Waals surface area contributed by atoms with Crippen molar-refractivity contribution in [2.24, 2.45) is 0 Å². The van der Waals surface area contributed by atoms with Gasteiger partial charge >= 0.3 is 0 Å². The van der Waals surface area contributed by atoms with Gasteiger partial charge in [-0.2, -0.15) is 0 Å². The summed E-state index contributed by atoms with van der Waals surface area (Å²) in [6.45, 7) is 1.70. The maximum Gasteiger partial charge on any atom is 0.251 e. The van der Waals surface area contributed by atoms with Crippen LogP contribution in [0, 0.1) is 0 Å². The molecule has 1 atom stereocenters. The molecule has 0 fully saturated rings. The van der Waals surface area contributed by atoms with Crippen LogP contribution in [0.25, 0.3) is 10.9 Å². The SMILES string of the molecule is CNC(=O)c1ccc(CNC(=O)C(Cc2c[nH]c3ccccc23)NC(C)=O)cc1. The van der Waals surface area contributed by atoms with Crippen molar-refractivity contribution in [2.75, 3.05) is 7.05 Å². The van der Waals surface area contributed by atoms with Crippen molar-refractivity contribution in [1.82, 2.24) is 20.9 Å². The first-order chi connectivity index (χ1) is 14.0. The Morgan fingerprint density at radius 2 is 1.76 bits per heavy atom. The maximum atomic E-state index is 12.7. The fourth-order valence-corrected chi connectivity index (χ4v) is 3.21. The predicted molar refractivity (Wildman–Crippen MR) is 111 cm³/mol. The van der Waals surface area contributed by atoms with Crippen LogP contribution in [-0.2, 0) is 22.6 Å². The number of H-pyrrole nitrogens is 1. The molecule has 0 aliphatic heterocycles. The van der Waals surface area contributed by atoms with Gasteiger partial charge in [-0.05, 0) is 29.3 Å². The molecule has 1 aromatic heterocycles. The zero-order valence-corrected chi connectivity index (χ0v) is 16.4. The van der Waals surface area contributed by atoms with Gasteiger partial charge in [-0.3, -0.25) is 14.4 Å². The van der Waals surface area contributed by atoms with Gasteiger partial charge in [0.1, 0.15) is 6.04 Å². The Bertz CT molecular complexity index is 1020. The zero-order chi connectivity index (χ0) is 20.8. The molecule has 4 N–H and O–H groups in total. The van der Waals surface area contributed by atoms with Crippen molar-refractivity contribution < 1.29 is 14.4 Å². The third-order valence-corrected chi connectivity index (χ3v) is 4.70. The van der Waals surface area contributed by atoms with Crippen LogP contribution in [0.5, 0.6) is 0 Å². The van der Waals surface area contributed by atoms with Crippen LogP contribution in [0.2, 0.25) is 0 Å². The fourth-order valence-electron chi connectivity index (χ4n) is 3.21. The van der Waals surface area contributed by atoms with E-state index in [1.54, 1.807) is 31.3 Å². The molecule has 1 heterocycles. The molecule has 3 aromatic rings. The molecule has 3 amide bonds. The predicted octanol–water partition coefficient (Wildman–Crippen LogP) is 1.89. The van der Waals surface area contributed by atoms with Crippen LogP contribution < -0.4 is 16.0 Å². The molecule has 7 nitrogen and oxygen atoms in total. The van der Waals surface area contributed by atoms with Crippen LogP contribution in [0.1, 0.15) is 28.4 Å². The molecular weight excluding hydrogens is 368 g/mol. The summed E-state index contributed by atoms with van der Waals surface area (Å²) in [4.78, 5) is 39.1. The van der Waals surface area contributed by atoms with Crippen LogP contribution >= 0.6 is 0 Å². The van der Waals surface area contributed by atoms with E-state index < -0.39 is 6.04 Å². The van der Waals surface area contributed by atoms with E-state index in [-0.39, 0.29) is 17.7 Å². The molecule has 3 rings (SSSR count). The standard InChI is InChI=1S/C22H24N4O3/c1-14(27)26-20(11-17-13-24-19-6-4-3-5-18(17)19)22(29)25-12-15-7-9-16(10-8-15)21(28)23-2/h3-10,13,20,24H,11-12H2,1-2H3,(H,23,28)(H,25,29)(H,26,27). The highest BCUT2D eigenvalue weighted by Crippen LogP contribution is 2.19. The highest BCUT2D eigenvalue weighted by molar-refractivity contribution is 5.94. The van der Waals surface area contributed by atoms with E-state index in [1.165, 1.54) is 6.92 Å². The first-order valence-electron chi connectivity index (χ1n) is 9.38. The number of hydrogen-bond acceptors (Lipinski definition) is 3. The van der Waals surface area contributed by atoms with Gasteiger partial charge in [-0.15, -0.1) is 0 Å². The summed E-state index contributed by atoms with van der Waals surface area (Å²) < 4.78 is 0. The molecule has 0 radical (unpaired) electrons. The first-order valence-corrected chi connectivity index (χ1v) is 9.38. The number of amides is 3. The monoisotopic (exact) mass is 392 g/mol. The number of fused-ring (bicyclic) bond motifs is 1. The Morgan fingerprint density at radius 1 is 1.03 bits per heavy atom. The molecule has 1 unspecified atom stereocenters. The van der Waals surface area contributed by atoms with Gasteiger partial charge in [0.2, 0.25) is 11.8 Å². The molecule has 7 heteroatoms. The van der Waals surface area contributed by atoms with Crippen LogP contribution in [-0.4, -0.2) is 35.8 Å². The second-order valence-corrected chi connectivity index (χ2v) is 6.81. The Hall–Kier alpha value is -3.61. The second-order valence-electron chi connectivity index (χ2n) is 6.81. The minimum absolute atomic E-state index is 0.162. The molecule has 150 valence electrons. The largest absolute Gasteiger partial charge is 0.361 e. The average Bonchev–Trinajstić information content (AvgIpc) is 3.14. The Labute approximate surface area is 168 Å². The molecule has 0 aliphatic carbocycles. The third kappa shape index (κ3) is 5.01. The van der Waals surface area contributed by atoms with Gasteiger partial charge in [-0.25, -0.2) is 0 Å². The highest BCUT2D eigenvalue weighted by atomic mass is 16.2. The number of aromatic amines is 1. The quantitative estimate of drug-likeness (QED) is 0.494. The summed E-state index contributed by atoms with van der Waals surface area (Å²) in [5, 5.41) is 9.19. The van der Waals surface area contributed by atoms with Crippen LogP contribution in [0.15, 0.2) is 54.7 Å². The van der Waals surface area contributed by atoms with Gasteiger partial charge in [0.25, 0.3) is 5.91 Å². The lowest BCUT2D eigenvalue weighted by Gasteiger charge is -2.17. The van der Waals surface area contributed by atoms with E-state index >= 15 is 0 Å².